The van der Waals surface area contributed by atoms with Gasteiger partial charge in [-0.05, 0) is 30.5 Å². The second-order valence-corrected chi connectivity index (χ2v) is 8.80. The van der Waals surface area contributed by atoms with Crippen LogP contribution in [-0.2, 0) is 16.4 Å². The minimum atomic E-state index is -3.82. The van der Waals surface area contributed by atoms with Crippen molar-refractivity contribution in [1.29, 1.82) is 0 Å². The molecule has 0 unspecified atom stereocenters. The zero-order chi connectivity index (χ0) is 20.5. The quantitative estimate of drug-likeness (QED) is 0.712. The van der Waals surface area contributed by atoms with Gasteiger partial charge in [0.05, 0.1) is 12.3 Å². The molecule has 2 N–H and O–H groups in total. The van der Waals surface area contributed by atoms with Crippen LogP contribution in [0.4, 0.5) is 17.6 Å². The molecule has 1 fully saturated rings. The third kappa shape index (κ3) is 4.37. The number of sulfonamides is 1. The molecule has 0 saturated carbocycles. The largest absolute Gasteiger partial charge is 0.306 e. The minimum absolute atomic E-state index is 0.0646. The second kappa shape index (κ2) is 7.81. The highest BCUT2D eigenvalue weighted by atomic mass is 32.2. The summed E-state index contributed by atoms with van der Waals surface area (Å²) in [7, 11) is -3.82. The molecular weight excluding hydrogens is 396 g/mol. The first-order valence-corrected chi connectivity index (χ1v) is 10.4. The summed E-state index contributed by atoms with van der Waals surface area (Å²) < 4.78 is 81.6. The fourth-order valence-electron chi connectivity index (χ4n) is 3.27. The molecule has 0 aromatic heterocycles. The van der Waals surface area contributed by atoms with Gasteiger partial charge in [-0.1, -0.05) is 36.4 Å². The molecule has 0 aliphatic carbocycles. The third-order valence-corrected chi connectivity index (χ3v) is 6.16. The first-order chi connectivity index (χ1) is 13.1. The SMILES string of the molecule is CCS(=O)(=O)N[C@@H]1[C@H](Cc2cccc(-c3cccc(F)c3F)c2)NCC1(F)F. The average molecular weight is 416 g/mol. The van der Waals surface area contributed by atoms with Crippen LogP contribution in [0.3, 0.4) is 0 Å². The Labute approximate surface area is 161 Å². The fraction of sp³-hybridized carbons (Fsp3) is 0.368. The van der Waals surface area contributed by atoms with Crippen LogP contribution in [0, 0.1) is 11.6 Å². The van der Waals surface area contributed by atoms with E-state index in [1.54, 1.807) is 24.3 Å². The van der Waals surface area contributed by atoms with E-state index in [1.165, 1.54) is 19.1 Å². The summed E-state index contributed by atoms with van der Waals surface area (Å²) >= 11 is 0. The van der Waals surface area contributed by atoms with Gasteiger partial charge in [-0.2, -0.15) is 0 Å². The molecule has 2 aromatic rings. The molecule has 28 heavy (non-hydrogen) atoms. The number of hydrogen-bond acceptors (Lipinski definition) is 3. The third-order valence-electron chi connectivity index (χ3n) is 4.79. The molecule has 2 atom stereocenters. The molecule has 152 valence electrons. The van der Waals surface area contributed by atoms with Crippen molar-refractivity contribution in [2.45, 2.75) is 31.4 Å². The van der Waals surface area contributed by atoms with Crippen molar-refractivity contribution in [3.8, 4) is 11.1 Å². The monoisotopic (exact) mass is 416 g/mol. The molecule has 9 heteroatoms. The van der Waals surface area contributed by atoms with E-state index in [9.17, 15) is 26.0 Å². The van der Waals surface area contributed by atoms with Crippen LogP contribution in [0.5, 0.6) is 0 Å². The van der Waals surface area contributed by atoms with E-state index in [0.29, 0.717) is 11.1 Å². The Morgan fingerprint density at radius 2 is 1.89 bits per heavy atom. The van der Waals surface area contributed by atoms with Gasteiger partial charge in [0.2, 0.25) is 10.0 Å². The van der Waals surface area contributed by atoms with Crippen molar-refractivity contribution < 1.29 is 26.0 Å². The lowest BCUT2D eigenvalue weighted by Gasteiger charge is -2.24. The molecule has 4 nitrogen and oxygen atoms in total. The summed E-state index contributed by atoms with van der Waals surface area (Å²) in [6, 6.07) is 7.86. The van der Waals surface area contributed by atoms with Crippen molar-refractivity contribution in [2.24, 2.45) is 0 Å². The highest BCUT2D eigenvalue weighted by molar-refractivity contribution is 7.89. The van der Waals surface area contributed by atoms with Crippen LogP contribution >= 0.6 is 0 Å². The highest BCUT2D eigenvalue weighted by Crippen LogP contribution is 2.30. The number of rotatable bonds is 6. The summed E-state index contributed by atoms with van der Waals surface area (Å²) in [6.45, 7) is 0.724. The Morgan fingerprint density at radius 3 is 2.61 bits per heavy atom. The molecule has 3 rings (SSSR count). The number of nitrogens with one attached hydrogen (secondary N) is 2. The topological polar surface area (TPSA) is 58.2 Å². The second-order valence-electron chi connectivity index (χ2n) is 6.75. The number of benzene rings is 2. The maximum absolute atomic E-state index is 14.2. The lowest BCUT2D eigenvalue weighted by Crippen LogP contribution is -2.51. The van der Waals surface area contributed by atoms with Gasteiger partial charge in [-0.3, -0.25) is 0 Å². The van der Waals surface area contributed by atoms with Crippen LogP contribution < -0.4 is 10.0 Å². The van der Waals surface area contributed by atoms with Crippen LogP contribution in [0.25, 0.3) is 11.1 Å². The van der Waals surface area contributed by atoms with Gasteiger partial charge in [0.25, 0.3) is 5.92 Å². The lowest BCUT2D eigenvalue weighted by molar-refractivity contribution is -0.000847. The van der Waals surface area contributed by atoms with Gasteiger partial charge < -0.3 is 5.32 Å². The molecule has 0 amide bonds. The Balaban J connectivity index is 1.86. The van der Waals surface area contributed by atoms with Crippen molar-refractivity contribution in [3.05, 3.63) is 59.7 Å². The van der Waals surface area contributed by atoms with E-state index < -0.39 is 46.2 Å². The number of alkyl halides is 2. The first-order valence-electron chi connectivity index (χ1n) is 8.77. The Bertz CT molecular complexity index is 966. The fourth-order valence-corrected chi connectivity index (χ4v) is 4.16. The summed E-state index contributed by atoms with van der Waals surface area (Å²) in [5.41, 5.74) is 1.07. The predicted molar refractivity (Wildman–Crippen MR) is 98.6 cm³/mol. The highest BCUT2D eigenvalue weighted by Gasteiger charge is 2.51. The number of hydrogen-bond donors (Lipinski definition) is 2. The van der Waals surface area contributed by atoms with Crippen LogP contribution in [0.15, 0.2) is 42.5 Å². The zero-order valence-corrected chi connectivity index (χ0v) is 15.9. The number of halogens is 4. The van der Waals surface area contributed by atoms with E-state index in [0.717, 1.165) is 6.07 Å². The first kappa shape index (κ1) is 20.8. The van der Waals surface area contributed by atoms with E-state index >= 15 is 0 Å². The van der Waals surface area contributed by atoms with Gasteiger partial charge in [0, 0.05) is 11.6 Å². The van der Waals surface area contributed by atoms with Crippen LogP contribution in [0.2, 0.25) is 0 Å². The molecule has 0 radical (unpaired) electrons. The zero-order valence-electron chi connectivity index (χ0n) is 15.1. The standard InChI is InChI=1S/C19H20F4N2O2S/c1-2-28(26,27)25-18-16(24-11-19(18,22)23)10-12-5-3-6-13(9-12)14-7-4-8-15(20)17(14)21/h3-9,16,18,24-25H,2,10-11H2,1H3/t16-,18+/m0/s1. The summed E-state index contributed by atoms with van der Waals surface area (Å²) in [5.74, 6) is -5.51. The van der Waals surface area contributed by atoms with Gasteiger partial charge in [0.15, 0.2) is 11.6 Å². The van der Waals surface area contributed by atoms with Crippen molar-refractivity contribution >= 4 is 10.0 Å². The van der Waals surface area contributed by atoms with Crippen LogP contribution in [0.1, 0.15) is 12.5 Å². The van der Waals surface area contributed by atoms with Crippen molar-refractivity contribution in [2.75, 3.05) is 12.3 Å². The molecule has 2 aromatic carbocycles. The van der Waals surface area contributed by atoms with Gasteiger partial charge in [-0.25, -0.2) is 30.7 Å². The molecule has 1 heterocycles. The summed E-state index contributed by atoms with van der Waals surface area (Å²) in [6.07, 6.45) is 0.0945. The van der Waals surface area contributed by atoms with E-state index in [2.05, 4.69) is 10.0 Å². The van der Waals surface area contributed by atoms with Crippen LogP contribution in [-0.4, -0.2) is 38.7 Å². The summed E-state index contributed by atoms with van der Waals surface area (Å²) in [5, 5.41) is 2.66. The Hall–Kier alpha value is -1.97. The normalized spacial score (nSPS) is 21.8. The van der Waals surface area contributed by atoms with E-state index in [1.807, 2.05) is 0 Å². The molecule has 1 aliphatic heterocycles. The van der Waals surface area contributed by atoms with Crippen molar-refractivity contribution in [1.82, 2.24) is 10.0 Å². The minimum Gasteiger partial charge on any atom is -0.306 e. The Morgan fingerprint density at radius 1 is 1.18 bits per heavy atom. The smallest absolute Gasteiger partial charge is 0.277 e. The molecule has 1 saturated heterocycles. The molecular formula is C19H20F4N2O2S. The maximum Gasteiger partial charge on any atom is 0.277 e. The molecule has 0 bridgehead atoms. The average Bonchev–Trinajstić information content (AvgIpc) is 2.92. The van der Waals surface area contributed by atoms with Crippen molar-refractivity contribution in [3.63, 3.8) is 0 Å². The van der Waals surface area contributed by atoms with E-state index in [4.69, 9.17) is 0 Å². The lowest BCUT2D eigenvalue weighted by atomic mass is 9.96. The van der Waals surface area contributed by atoms with E-state index in [-0.39, 0.29) is 17.7 Å². The van der Waals surface area contributed by atoms with Gasteiger partial charge >= 0.3 is 0 Å². The Kier molecular flexibility index (Phi) is 5.79. The molecule has 1 aliphatic rings. The van der Waals surface area contributed by atoms with Gasteiger partial charge in [0.1, 0.15) is 6.04 Å². The predicted octanol–water partition coefficient (Wildman–Crippen LogP) is 3.09. The molecule has 0 spiro atoms. The maximum atomic E-state index is 14.2. The summed E-state index contributed by atoms with van der Waals surface area (Å²) in [4.78, 5) is 0. The van der Waals surface area contributed by atoms with Gasteiger partial charge in [-0.15, -0.1) is 0 Å².